The number of fused-ring (bicyclic) bond motifs is 1. The van der Waals surface area contributed by atoms with Gasteiger partial charge in [-0.3, -0.25) is 0 Å². The van der Waals surface area contributed by atoms with Crippen LogP contribution in [-0.2, 0) is 13.0 Å². The predicted molar refractivity (Wildman–Crippen MR) is 122 cm³/mol. The number of halogens is 1. The second-order valence-corrected chi connectivity index (χ2v) is 8.87. The van der Waals surface area contributed by atoms with Gasteiger partial charge in [0.2, 0.25) is 5.52 Å². The predicted octanol–water partition coefficient (Wildman–Crippen LogP) is 7.06. The first-order chi connectivity index (χ1) is 13.8. The molecule has 0 saturated carbocycles. The summed E-state index contributed by atoms with van der Waals surface area (Å²) in [5.74, 6) is 0. The molecule has 4 aromatic rings. The van der Waals surface area contributed by atoms with Crippen molar-refractivity contribution in [1.29, 1.82) is 0 Å². The van der Waals surface area contributed by atoms with Gasteiger partial charge in [0.05, 0.1) is 4.90 Å². The van der Waals surface area contributed by atoms with Crippen molar-refractivity contribution in [3.05, 3.63) is 101 Å². The molecule has 1 heterocycles. The van der Waals surface area contributed by atoms with Crippen LogP contribution in [0.3, 0.4) is 0 Å². The number of unbranched alkanes of at least 4 members (excludes halogenated alkanes) is 1. The van der Waals surface area contributed by atoms with Crippen LogP contribution < -0.4 is 4.57 Å². The molecular formula is C25H23BrNS+. The highest BCUT2D eigenvalue weighted by Gasteiger charge is 2.13. The summed E-state index contributed by atoms with van der Waals surface area (Å²) < 4.78 is 3.56. The second kappa shape index (κ2) is 9.40. The number of hydrogen-bond donors (Lipinski definition) is 0. The van der Waals surface area contributed by atoms with Crippen LogP contribution in [0.4, 0.5) is 0 Å². The Morgan fingerprint density at radius 2 is 1.54 bits per heavy atom. The van der Waals surface area contributed by atoms with Crippen molar-refractivity contribution in [2.45, 2.75) is 35.6 Å². The molecule has 0 aliphatic heterocycles. The van der Waals surface area contributed by atoms with Crippen molar-refractivity contribution in [3.8, 4) is 0 Å². The molecule has 1 nitrogen and oxygen atoms in total. The monoisotopic (exact) mass is 448 g/mol. The van der Waals surface area contributed by atoms with Gasteiger partial charge in [0.15, 0.2) is 6.20 Å². The number of pyridine rings is 1. The Balaban J connectivity index is 1.52. The van der Waals surface area contributed by atoms with Crippen LogP contribution >= 0.6 is 27.7 Å². The average Bonchev–Trinajstić information content (AvgIpc) is 2.73. The Hall–Kier alpha value is -2.10. The molecular weight excluding hydrogens is 426 g/mol. The molecule has 1 aromatic heterocycles. The van der Waals surface area contributed by atoms with Gasteiger partial charge in [0.25, 0.3) is 0 Å². The molecule has 0 aliphatic carbocycles. The summed E-state index contributed by atoms with van der Waals surface area (Å²) in [4.78, 5) is 2.52. The van der Waals surface area contributed by atoms with E-state index in [9.17, 15) is 0 Å². The maximum Gasteiger partial charge on any atom is 0.212 e. The van der Waals surface area contributed by atoms with E-state index in [1.807, 2.05) is 11.8 Å². The highest BCUT2D eigenvalue weighted by Crippen LogP contribution is 2.33. The Morgan fingerprint density at radius 3 is 2.39 bits per heavy atom. The van der Waals surface area contributed by atoms with Crippen molar-refractivity contribution in [1.82, 2.24) is 0 Å². The molecule has 28 heavy (non-hydrogen) atoms. The van der Waals surface area contributed by atoms with E-state index in [0.29, 0.717) is 0 Å². The Morgan fingerprint density at radius 1 is 0.786 bits per heavy atom. The molecule has 0 radical (unpaired) electrons. The van der Waals surface area contributed by atoms with Crippen LogP contribution in [0.15, 0.2) is 105 Å². The van der Waals surface area contributed by atoms with Crippen molar-refractivity contribution in [2.75, 3.05) is 0 Å². The molecule has 0 atom stereocenters. The minimum atomic E-state index is 1.04. The molecule has 3 heteroatoms. The molecule has 0 N–H and O–H groups in total. The van der Waals surface area contributed by atoms with Gasteiger partial charge in [-0.15, -0.1) is 0 Å². The van der Waals surface area contributed by atoms with Crippen LogP contribution in [0.5, 0.6) is 0 Å². The molecule has 0 fully saturated rings. The molecule has 0 bridgehead atoms. The Bertz CT molecular complexity index is 1060. The molecule has 140 valence electrons. The minimum Gasteiger partial charge on any atom is -0.197 e. The highest BCUT2D eigenvalue weighted by atomic mass is 79.9. The van der Waals surface area contributed by atoms with Gasteiger partial charge in [-0.2, -0.15) is 4.57 Å². The number of rotatable bonds is 7. The Kier molecular flexibility index (Phi) is 6.45. The summed E-state index contributed by atoms with van der Waals surface area (Å²) in [7, 11) is 0. The molecule has 3 aromatic carbocycles. The van der Waals surface area contributed by atoms with Crippen LogP contribution in [0.2, 0.25) is 0 Å². The van der Waals surface area contributed by atoms with Gasteiger partial charge in [-0.25, -0.2) is 0 Å². The fourth-order valence-electron chi connectivity index (χ4n) is 3.44. The minimum absolute atomic E-state index is 1.04. The number of benzene rings is 3. The van der Waals surface area contributed by atoms with E-state index in [-0.39, 0.29) is 0 Å². The molecule has 4 rings (SSSR count). The third kappa shape index (κ3) is 4.84. The van der Waals surface area contributed by atoms with Crippen LogP contribution in [0, 0.1) is 0 Å². The molecule has 0 unspecified atom stereocenters. The summed E-state index contributed by atoms with van der Waals surface area (Å²) in [6.07, 6.45) is 5.82. The van der Waals surface area contributed by atoms with Crippen molar-refractivity contribution >= 4 is 38.6 Å². The summed E-state index contributed by atoms with van der Waals surface area (Å²) >= 11 is 5.48. The third-order valence-electron chi connectivity index (χ3n) is 4.85. The maximum atomic E-state index is 3.67. The zero-order valence-corrected chi connectivity index (χ0v) is 18.1. The lowest BCUT2D eigenvalue weighted by Gasteiger charge is -2.07. The lowest BCUT2D eigenvalue weighted by atomic mass is 10.1. The smallest absolute Gasteiger partial charge is 0.197 e. The fraction of sp³-hybridized carbons (Fsp3) is 0.160. The van der Waals surface area contributed by atoms with Crippen LogP contribution in [0.25, 0.3) is 10.9 Å². The lowest BCUT2D eigenvalue weighted by Crippen LogP contribution is -2.34. The second-order valence-electron chi connectivity index (χ2n) is 6.90. The van der Waals surface area contributed by atoms with E-state index in [0.717, 1.165) is 17.4 Å². The van der Waals surface area contributed by atoms with E-state index in [2.05, 4.69) is 112 Å². The van der Waals surface area contributed by atoms with E-state index in [1.165, 1.54) is 39.1 Å². The number of aromatic nitrogens is 1. The van der Waals surface area contributed by atoms with E-state index < -0.39 is 0 Å². The van der Waals surface area contributed by atoms with Crippen molar-refractivity contribution in [2.24, 2.45) is 0 Å². The van der Waals surface area contributed by atoms with Crippen LogP contribution in [-0.4, -0.2) is 0 Å². The highest BCUT2D eigenvalue weighted by molar-refractivity contribution is 9.10. The zero-order valence-electron chi connectivity index (χ0n) is 15.7. The number of nitrogens with zero attached hydrogens (tertiary/aromatic N) is 1. The Labute approximate surface area is 179 Å². The topological polar surface area (TPSA) is 3.88 Å². The standard InChI is InChI=1S/C25H23BrNS/c26-23-14-5-7-16-25(23)28-22-18-21-13-4-6-15-24(21)27(19-22)17-9-8-12-20-10-2-1-3-11-20/h1-7,10-11,13-16,18-19H,8-9,12,17H2/q+1. The number of hydrogen-bond acceptors (Lipinski definition) is 1. The lowest BCUT2D eigenvalue weighted by molar-refractivity contribution is -0.673. The van der Waals surface area contributed by atoms with Gasteiger partial charge in [0.1, 0.15) is 6.54 Å². The zero-order chi connectivity index (χ0) is 19.2. The van der Waals surface area contributed by atoms with E-state index in [4.69, 9.17) is 0 Å². The normalized spacial score (nSPS) is 11.0. The molecule has 0 amide bonds. The van der Waals surface area contributed by atoms with Gasteiger partial charge in [-0.1, -0.05) is 66.4 Å². The molecule has 0 aliphatic rings. The first-order valence-corrected chi connectivity index (χ1v) is 11.3. The van der Waals surface area contributed by atoms with E-state index in [1.54, 1.807) is 0 Å². The first kappa shape index (κ1) is 19.2. The van der Waals surface area contributed by atoms with Crippen molar-refractivity contribution < 1.29 is 4.57 Å². The summed E-state index contributed by atoms with van der Waals surface area (Å²) in [6, 6.07) is 30.1. The maximum absolute atomic E-state index is 3.67. The number of aryl methyl sites for hydroxylation is 2. The summed E-state index contributed by atoms with van der Waals surface area (Å²) in [6.45, 7) is 1.04. The van der Waals surface area contributed by atoms with Gasteiger partial charge >= 0.3 is 0 Å². The SMILES string of the molecule is Brc1ccccc1Sc1cc2ccccc2[n+](CCCCc2ccccc2)c1. The first-order valence-electron chi connectivity index (χ1n) is 9.68. The van der Waals surface area contributed by atoms with Gasteiger partial charge in [0, 0.05) is 27.2 Å². The summed E-state index contributed by atoms with van der Waals surface area (Å²) in [5.41, 5.74) is 2.73. The van der Waals surface area contributed by atoms with E-state index >= 15 is 0 Å². The largest absolute Gasteiger partial charge is 0.212 e. The van der Waals surface area contributed by atoms with Gasteiger partial charge in [-0.05, 0) is 58.6 Å². The summed E-state index contributed by atoms with van der Waals surface area (Å²) in [5, 5.41) is 1.29. The van der Waals surface area contributed by atoms with Crippen LogP contribution in [0.1, 0.15) is 18.4 Å². The molecule has 0 spiro atoms. The molecule has 0 saturated heterocycles. The average molecular weight is 449 g/mol. The van der Waals surface area contributed by atoms with Gasteiger partial charge < -0.3 is 0 Å². The third-order valence-corrected chi connectivity index (χ3v) is 6.84. The number of para-hydroxylation sites is 1. The fourth-order valence-corrected chi connectivity index (χ4v) is 4.90. The quantitative estimate of drug-likeness (QED) is 0.216. The van der Waals surface area contributed by atoms with Crippen molar-refractivity contribution in [3.63, 3.8) is 0 Å².